The van der Waals surface area contributed by atoms with E-state index in [0.29, 0.717) is 37.4 Å². The third-order valence-corrected chi connectivity index (χ3v) is 9.26. The molecule has 2 fully saturated rings. The maximum atomic E-state index is 14.1. The molecule has 4 atom stereocenters. The summed E-state index contributed by atoms with van der Waals surface area (Å²) in [6.45, 7) is 5.21. The Kier molecular flexibility index (Phi) is 9.23. The van der Waals surface area contributed by atoms with Gasteiger partial charge in [0.25, 0.3) is 0 Å². The number of halogens is 1. The van der Waals surface area contributed by atoms with Gasteiger partial charge in [-0.15, -0.1) is 0 Å². The first-order chi connectivity index (χ1) is 20.3. The molecule has 42 heavy (non-hydrogen) atoms. The number of para-hydroxylation sites is 1. The van der Waals surface area contributed by atoms with Gasteiger partial charge in [0.2, 0.25) is 17.7 Å². The van der Waals surface area contributed by atoms with E-state index in [1.807, 2.05) is 68.5 Å². The van der Waals surface area contributed by atoms with Crippen LogP contribution in [-0.4, -0.2) is 54.5 Å². The molecule has 2 aromatic rings. The minimum Gasteiger partial charge on any atom is -0.492 e. The molecule has 2 aliphatic carbocycles. The number of carbonyl (C=O) groups excluding carboxylic acids is 3. The summed E-state index contributed by atoms with van der Waals surface area (Å²) >= 11 is 6.29. The van der Waals surface area contributed by atoms with Crippen LogP contribution in [0, 0.1) is 5.92 Å². The van der Waals surface area contributed by atoms with E-state index in [1.165, 1.54) is 0 Å². The normalized spacial score (nSPS) is 27.9. The molecule has 1 aliphatic heterocycles. The van der Waals surface area contributed by atoms with Crippen LogP contribution in [0.3, 0.4) is 0 Å². The van der Waals surface area contributed by atoms with Crippen molar-refractivity contribution in [2.75, 3.05) is 19.7 Å². The van der Waals surface area contributed by atoms with Gasteiger partial charge in [0.1, 0.15) is 23.4 Å². The Labute approximate surface area is 253 Å². The lowest BCUT2D eigenvalue weighted by Gasteiger charge is -2.34. The Bertz CT molecular complexity index is 1340. The van der Waals surface area contributed by atoms with Gasteiger partial charge in [0.05, 0.1) is 6.04 Å². The topological polar surface area (TPSA) is 109 Å². The summed E-state index contributed by atoms with van der Waals surface area (Å²) in [7, 11) is 0. The molecular formula is C33H41ClN4O4. The molecule has 2 unspecified atom stereocenters. The summed E-state index contributed by atoms with van der Waals surface area (Å²) in [6, 6.07) is 14.6. The van der Waals surface area contributed by atoms with E-state index in [0.717, 1.165) is 36.1 Å². The third-order valence-electron chi connectivity index (χ3n) is 9.02. The summed E-state index contributed by atoms with van der Waals surface area (Å²) in [5.41, 5.74) is -0.415. The van der Waals surface area contributed by atoms with Crippen LogP contribution in [0.25, 0.3) is 6.08 Å². The largest absolute Gasteiger partial charge is 0.492 e. The predicted octanol–water partition coefficient (Wildman–Crippen LogP) is 4.34. The lowest BCUT2D eigenvalue weighted by atomic mass is 9.92. The maximum Gasteiger partial charge on any atom is 0.246 e. The first-order valence-electron chi connectivity index (χ1n) is 15.1. The number of ether oxygens (including phenoxy) is 1. The number of carbonyl (C=O) groups is 3. The van der Waals surface area contributed by atoms with Crippen molar-refractivity contribution in [3.63, 3.8) is 0 Å². The van der Waals surface area contributed by atoms with Crippen molar-refractivity contribution >= 4 is 35.4 Å². The highest BCUT2D eigenvalue weighted by atomic mass is 35.5. The van der Waals surface area contributed by atoms with E-state index in [4.69, 9.17) is 16.3 Å². The lowest BCUT2D eigenvalue weighted by Crippen LogP contribution is -2.64. The quantitative estimate of drug-likeness (QED) is 0.424. The van der Waals surface area contributed by atoms with E-state index >= 15 is 0 Å². The molecule has 8 nitrogen and oxygen atoms in total. The molecule has 2 aromatic carbocycles. The molecule has 2 spiro atoms. The predicted molar refractivity (Wildman–Crippen MR) is 164 cm³/mol. The van der Waals surface area contributed by atoms with E-state index in [-0.39, 0.29) is 36.1 Å². The van der Waals surface area contributed by atoms with Gasteiger partial charge in [-0.3, -0.25) is 14.4 Å². The van der Waals surface area contributed by atoms with Crippen molar-refractivity contribution < 1.29 is 19.1 Å². The fourth-order valence-electron chi connectivity index (χ4n) is 6.27. The van der Waals surface area contributed by atoms with Crippen LogP contribution in [0.2, 0.25) is 5.02 Å². The Balaban J connectivity index is 1.47. The Hall–Kier alpha value is -3.36. The van der Waals surface area contributed by atoms with Crippen molar-refractivity contribution in [1.82, 2.24) is 21.3 Å². The van der Waals surface area contributed by atoms with E-state index in [1.54, 1.807) is 6.07 Å². The van der Waals surface area contributed by atoms with E-state index in [2.05, 4.69) is 21.3 Å². The fraction of sp³-hybridized carbons (Fsp3) is 0.485. The Morgan fingerprint density at radius 2 is 1.81 bits per heavy atom. The number of rotatable bonds is 3. The Morgan fingerprint density at radius 3 is 2.57 bits per heavy atom. The van der Waals surface area contributed by atoms with Crippen LogP contribution < -0.4 is 26.0 Å². The smallest absolute Gasteiger partial charge is 0.246 e. The summed E-state index contributed by atoms with van der Waals surface area (Å²) in [5.74, 6) is -0.219. The fourth-order valence-corrected chi connectivity index (χ4v) is 6.46. The molecule has 3 aliphatic rings. The second kappa shape index (κ2) is 12.9. The maximum absolute atomic E-state index is 14.1. The molecule has 0 saturated heterocycles. The number of amides is 3. The van der Waals surface area contributed by atoms with Crippen LogP contribution in [0.5, 0.6) is 5.75 Å². The second-order valence-electron chi connectivity index (χ2n) is 11.8. The number of fused-ring (bicyclic) bond motifs is 1. The van der Waals surface area contributed by atoms with Gasteiger partial charge < -0.3 is 26.0 Å². The number of nitrogens with one attached hydrogen (secondary N) is 4. The molecule has 0 aromatic heterocycles. The first kappa shape index (κ1) is 30.1. The monoisotopic (exact) mass is 592 g/mol. The first-order valence-corrected chi connectivity index (χ1v) is 15.5. The standard InChI is InChI=1S/C33H41ClN4O4/c1-3-22(2)28-29(39)37-32(15-6-7-16-32)30(40)38-33(21-26(33)24-11-8-13-25(34)20-24)31(41)36-17-9-12-23-10-4-5-14-27(23)42-19-18-35-28/h4-5,8-14,20,22,26,28,35H,3,6-7,15-19,21H2,1-2H3,(H,36,41)(H,37,39)(H,38,40)/b12-9-/t22?,26-,28-,33?/m0/s1. The van der Waals surface area contributed by atoms with Gasteiger partial charge >= 0.3 is 0 Å². The highest BCUT2D eigenvalue weighted by Crippen LogP contribution is 2.52. The molecule has 2 saturated carbocycles. The summed E-state index contributed by atoms with van der Waals surface area (Å²) in [4.78, 5) is 41.7. The number of benzene rings is 2. The molecule has 3 amide bonds. The zero-order chi connectivity index (χ0) is 29.7. The highest BCUT2D eigenvalue weighted by Gasteiger charge is 2.63. The van der Waals surface area contributed by atoms with Crippen molar-refractivity contribution in [3.8, 4) is 5.75 Å². The van der Waals surface area contributed by atoms with Crippen LogP contribution in [-0.2, 0) is 14.4 Å². The van der Waals surface area contributed by atoms with E-state index in [9.17, 15) is 14.4 Å². The van der Waals surface area contributed by atoms with Gasteiger partial charge in [0.15, 0.2) is 0 Å². The average molecular weight is 593 g/mol. The minimum absolute atomic E-state index is 0.0418. The second-order valence-corrected chi connectivity index (χ2v) is 12.3. The Morgan fingerprint density at radius 1 is 1.02 bits per heavy atom. The van der Waals surface area contributed by atoms with Crippen molar-refractivity contribution in [1.29, 1.82) is 0 Å². The molecule has 9 heteroatoms. The van der Waals surface area contributed by atoms with Crippen LogP contribution in [0.15, 0.2) is 54.6 Å². The molecule has 1 heterocycles. The van der Waals surface area contributed by atoms with Gasteiger partial charge in [-0.2, -0.15) is 0 Å². The molecule has 0 radical (unpaired) electrons. The minimum atomic E-state index is -1.13. The highest BCUT2D eigenvalue weighted by molar-refractivity contribution is 6.30. The van der Waals surface area contributed by atoms with Crippen LogP contribution in [0.1, 0.15) is 69.4 Å². The van der Waals surface area contributed by atoms with Gasteiger partial charge in [-0.1, -0.05) is 87.2 Å². The number of hydrogen-bond acceptors (Lipinski definition) is 5. The van der Waals surface area contributed by atoms with Crippen LogP contribution in [0.4, 0.5) is 0 Å². The van der Waals surface area contributed by atoms with Crippen molar-refractivity contribution in [3.05, 3.63) is 70.8 Å². The van der Waals surface area contributed by atoms with Gasteiger partial charge in [-0.05, 0) is 48.9 Å². The van der Waals surface area contributed by atoms with Crippen molar-refractivity contribution in [2.24, 2.45) is 5.92 Å². The van der Waals surface area contributed by atoms with E-state index < -0.39 is 17.1 Å². The summed E-state index contributed by atoms with van der Waals surface area (Å²) in [6.07, 6.45) is 7.75. The van der Waals surface area contributed by atoms with Crippen molar-refractivity contribution in [2.45, 2.75) is 75.4 Å². The molecule has 4 N–H and O–H groups in total. The molecule has 5 rings (SSSR count). The van der Waals surface area contributed by atoms with Gasteiger partial charge in [0, 0.05) is 29.6 Å². The zero-order valence-corrected chi connectivity index (χ0v) is 25.1. The van der Waals surface area contributed by atoms with Crippen LogP contribution >= 0.6 is 11.6 Å². The molecule has 224 valence electrons. The number of hydrogen-bond donors (Lipinski definition) is 4. The zero-order valence-electron chi connectivity index (χ0n) is 24.4. The molecule has 0 bridgehead atoms. The lowest BCUT2D eigenvalue weighted by molar-refractivity contribution is -0.137. The average Bonchev–Trinajstić information content (AvgIpc) is 3.52. The molecular weight excluding hydrogens is 552 g/mol. The van der Waals surface area contributed by atoms with Gasteiger partial charge in [-0.25, -0.2) is 0 Å². The summed E-state index contributed by atoms with van der Waals surface area (Å²) in [5, 5.41) is 13.3. The summed E-state index contributed by atoms with van der Waals surface area (Å²) < 4.78 is 6.07. The SMILES string of the molecule is CCC(C)[C@@H]1NCCOc2ccccc2/C=C\CNC(=O)C2(C[C@H]2c2cccc(Cl)c2)NC(=O)C2(CCCC2)NC1=O. The third kappa shape index (κ3) is 6.35.